The Morgan fingerprint density at radius 2 is 2.09 bits per heavy atom. The Morgan fingerprint density at radius 1 is 1.32 bits per heavy atom. The minimum atomic E-state index is -0.703. The Kier molecular flexibility index (Phi) is 6.49. The van der Waals surface area contributed by atoms with E-state index in [4.69, 9.17) is 0 Å². The number of amides is 2. The Labute approximate surface area is 196 Å². The first-order valence-electron chi connectivity index (χ1n) is 11.2. The second kappa shape index (κ2) is 9.50. The summed E-state index contributed by atoms with van der Waals surface area (Å²) in [5.74, 6) is -1.15. The van der Waals surface area contributed by atoms with E-state index >= 15 is 0 Å². The largest absolute Gasteiger partial charge is 0.494 e. The van der Waals surface area contributed by atoms with Crippen molar-refractivity contribution in [2.45, 2.75) is 45.8 Å². The fraction of sp³-hybridized carbons (Fsp3) is 0.375. The zero-order chi connectivity index (χ0) is 24.4. The van der Waals surface area contributed by atoms with Gasteiger partial charge in [-0.15, -0.1) is 0 Å². The molecule has 3 heterocycles. The summed E-state index contributed by atoms with van der Waals surface area (Å²) >= 11 is 0. The number of nitrogens with one attached hydrogen (secondary N) is 1. The summed E-state index contributed by atoms with van der Waals surface area (Å²) in [6.45, 7) is 4.66. The molecule has 1 aliphatic rings. The highest BCUT2D eigenvalue weighted by molar-refractivity contribution is 5.97. The van der Waals surface area contributed by atoms with E-state index in [0.29, 0.717) is 24.3 Å². The molecule has 178 valence electrons. The van der Waals surface area contributed by atoms with E-state index in [1.54, 1.807) is 25.5 Å². The van der Waals surface area contributed by atoms with Crippen LogP contribution in [-0.2, 0) is 17.9 Å². The number of likely N-dealkylation sites (N-methyl/N-ethyl adjacent to an activating group) is 1. The second-order valence-electron chi connectivity index (χ2n) is 8.98. The van der Waals surface area contributed by atoms with Crippen molar-refractivity contribution in [3.8, 4) is 5.88 Å². The van der Waals surface area contributed by atoms with Gasteiger partial charge in [-0.1, -0.05) is 19.9 Å². The van der Waals surface area contributed by atoms with Gasteiger partial charge >= 0.3 is 0 Å². The number of rotatable bonds is 8. The molecule has 0 aliphatic heterocycles. The van der Waals surface area contributed by atoms with Crippen LogP contribution < -0.4 is 10.9 Å². The molecule has 34 heavy (non-hydrogen) atoms. The molecule has 2 amide bonds. The highest BCUT2D eigenvalue weighted by atomic mass is 16.3. The third-order valence-electron chi connectivity index (χ3n) is 5.52. The summed E-state index contributed by atoms with van der Waals surface area (Å²) in [5, 5.41) is 17.9. The predicted octanol–water partition coefficient (Wildman–Crippen LogP) is 1.82. The standard InChI is InChI=1S/C24H28N6O4/c1-15(2)13-29-22-17(6-9-19(31)28(3)14-16-5-4-10-25-11-16)12-26-30(22)24(34)20(23(29)33)21(32)27-18-7-8-18/h4-6,9-12,15,18,33H,7-8,13-14H2,1-3H3,(H,27,32)/b9-6+. The molecule has 1 aliphatic carbocycles. The van der Waals surface area contributed by atoms with E-state index in [2.05, 4.69) is 15.4 Å². The third-order valence-corrected chi connectivity index (χ3v) is 5.52. The summed E-state index contributed by atoms with van der Waals surface area (Å²) < 4.78 is 2.61. The van der Waals surface area contributed by atoms with Crippen molar-refractivity contribution in [2.24, 2.45) is 5.92 Å². The zero-order valence-corrected chi connectivity index (χ0v) is 19.4. The van der Waals surface area contributed by atoms with Crippen LogP contribution in [0.5, 0.6) is 5.88 Å². The number of hydrogen-bond acceptors (Lipinski definition) is 6. The maximum atomic E-state index is 13.1. The number of fused-ring (bicyclic) bond motifs is 1. The van der Waals surface area contributed by atoms with Crippen molar-refractivity contribution in [1.29, 1.82) is 0 Å². The molecule has 0 saturated heterocycles. The number of pyridine rings is 1. The molecule has 0 aromatic carbocycles. The maximum Gasteiger partial charge on any atom is 0.291 e. The Morgan fingerprint density at radius 3 is 2.74 bits per heavy atom. The maximum absolute atomic E-state index is 13.1. The van der Waals surface area contributed by atoms with Crippen LogP contribution in [0.3, 0.4) is 0 Å². The van der Waals surface area contributed by atoms with Crippen molar-refractivity contribution < 1.29 is 14.7 Å². The monoisotopic (exact) mass is 464 g/mol. The lowest BCUT2D eigenvalue weighted by Gasteiger charge is -2.17. The quantitative estimate of drug-likeness (QED) is 0.491. The van der Waals surface area contributed by atoms with Crippen LogP contribution in [0.1, 0.15) is 48.2 Å². The Bertz CT molecular complexity index is 1300. The molecule has 10 nitrogen and oxygen atoms in total. The molecule has 0 bridgehead atoms. The van der Waals surface area contributed by atoms with Crippen LogP contribution >= 0.6 is 0 Å². The van der Waals surface area contributed by atoms with Gasteiger partial charge in [0.15, 0.2) is 5.56 Å². The summed E-state index contributed by atoms with van der Waals surface area (Å²) in [6, 6.07) is 3.73. The molecular formula is C24H28N6O4. The average Bonchev–Trinajstić information content (AvgIpc) is 3.50. The van der Waals surface area contributed by atoms with Crippen LogP contribution in [0, 0.1) is 5.92 Å². The number of carbonyl (C=O) groups excluding carboxylic acids is 2. The molecule has 0 atom stereocenters. The normalized spacial score (nSPS) is 13.6. The van der Waals surface area contributed by atoms with Crippen LogP contribution in [0.2, 0.25) is 0 Å². The smallest absolute Gasteiger partial charge is 0.291 e. The predicted molar refractivity (Wildman–Crippen MR) is 126 cm³/mol. The lowest BCUT2D eigenvalue weighted by Crippen LogP contribution is -2.34. The number of carbonyl (C=O) groups is 2. The highest BCUT2D eigenvalue weighted by Gasteiger charge is 2.29. The number of hydrogen-bond donors (Lipinski definition) is 2. The van der Waals surface area contributed by atoms with Gasteiger partial charge in [0.2, 0.25) is 11.8 Å². The Hall–Kier alpha value is -3.95. The molecule has 0 unspecified atom stereocenters. The SMILES string of the molecule is CC(C)Cn1c(O)c(C(=O)NC2CC2)c(=O)n2ncc(/C=C/C(=O)N(C)Cc3cccnc3)c12. The van der Waals surface area contributed by atoms with Crippen LogP contribution in [0.25, 0.3) is 11.7 Å². The van der Waals surface area contributed by atoms with E-state index in [1.165, 1.54) is 21.7 Å². The molecule has 3 aromatic heterocycles. The van der Waals surface area contributed by atoms with Crippen molar-refractivity contribution in [2.75, 3.05) is 7.05 Å². The Balaban J connectivity index is 1.68. The number of aromatic nitrogens is 4. The van der Waals surface area contributed by atoms with E-state index in [-0.39, 0.29) is 23.4 Å². The minimum absolute atomic E-state index is 0.0336. The van der Waals surface area contributed by atoms with Crippen molar-refractivity contribution >= 4 is 23.5 Å². The second-order valence-corrected chi connectivity index (χ2v) is 8.98. The van der Waals surface area contributed by atoms with E-state index in [0.717, 1.165) is 22.9 Å². The zero-order valence-electron chi connectivity index (χ0n) is 19.4. The number of aromatic hydroxyl groups is 1. The first-order valence-corrected chi connectivity index (χ1v) is 11.2. The number of nitrogens with zero attached hydrogens (tertiary/aromatic N) is 5. The minimum Gasteiger partial charge on any atom is -0.494 e. The topological polar surface area (TPSA) is 122 Å². The summed E-state index contributed by atoms with van der Waals surface area (Å²) in [4.78, 5) is 44.0. The van der Waals surface area contributed by atoms with Gasteiger partial charge in [0.25, 0.3) is 11.5 Å². The van der Waals surface area contributed by atoms with Gasteiger partial charge in [0, 0.05) is 50.2 Å². The van der Waals surface area contributed by atoms with Gasteiger partial charge in [0.1, 0.15) is 5.65 Å². The lowest BCUT2D eigenvalue weighted by molar-refractivity contribution is -0.125. The first-order chi connectivity index (χ1) is 16.3. The van der Waals surface area contributed by atoms with E-state index in [9.17, 15) is 19.5 Å². The molecule has 0 radical (unpaired) electrons. The molecule has 3 aromatic rings. The van der Waals surface area contributed by atoms with Crippen molar-refractivity contribution in [3.63, 3.8) is 0 Å². The molecule has 2 N–H and O–H groups in total. The fourth-order valence-electron chi connectivity index (χ4n) is 3.68. The van der Waals surface area contributed by atoms with Gasteiger partial charge in [-0.25, -0.2) is 0 Å². The summed E-state index contributed by atoms with van der Waals surface area (Å²) in [6.07, 6.45) is 9.48. The van der Waals surface area contributed by atoms with Gasteiger partial charge in [-0.05, 0) is 36.5 Å². The molecule has 1 saturated carbocycles. The molecule has 1 fully saturated rings. The molecule has 0 spiro atoms. The van der Waals surface area contributed by atoms with Crippen LogP contribution in [-0.4, -0.2) is 54.1 Å². The van der Waals surface area contributed by atoms with Gasteiger partial charge in [-0.2, -0.15) is 9.61 Å². The molecule has 4 rings (SSSR count). The van der Waals surface area contributed by atoms with Crippen molar-refractivity contribution in [3.05, 3.63) is 63.8 Å². The van der Waals surface area contributed by atoms with E-state index in [1.807, 2.05) is 26.0 Å². The fourth-order valence-corrected chi connectivity index (χ4v) is 3.68. The molecular weight excluding hydrogens is 436 g/mol. The lowest BCUT2D eigenvalue weighted by atomic mass is 10.2. The van der Waals surface area contributed by atoms with Crippen LogP contribution in [0.4, 0.5) is 0 Å². The average molecular weight is 465 g/mol. The summed E-state index contributed by atoms with van der Waals surface area (Å²) in [5.41, 5.74) is 0.662. The van der Waals surface area contributed by atoms with E-state index < -0.39 is 17.3 Å². The summed E-state index contributed by atoms with van der Waals surface area (Å²) in [7, 11) is 1.68. The molecule has 10 heteroatoms. The first kappa shape index (κ1) is 23.2. The van der Waals surface area contributed by atoms with Crippen LogP contribution in [0.15, 0.2) is 41.6 Å². The van der Waals surface area contributed by atoms with Gasteiger partial charge in [0.05, 0.1) is 6.20 Å². The third kappa shape index (κ3) is 4.85. The van der Waals surface area contributed by atoms with Crippen molar-refractivity contribution in [1.82, 2.24) is 29.4 Å². The van der Waals surface area contributed by atoms with Gasteiger partial charge < -0.3 is 15.3 Å². The highest BCUT2D eigenvalue weighted by Crippen LogP contribution is 2.24. The van der Waals surface area contributed by atoms with Gasteiger partial charge in [-0.3, -0.25) is 23.9 Å².